The SMILES string of the molecule is CC1(C)C(=O)Nc2c(Cl)cc(C(=O)O)cc21. The minimum absolute atomic E-state index is 0.0910. The molecule has 4 nitrogen and oxygen atoms in total. The molecule has 1 aliphatic rings. The number of anilines is 1. The van der Waals surface area contributed by atoms with Crippen molar-refractivity contribution in [3.8, 4) is 0 Å². The lowest BCUT2D eigenvalue weighted by atomic mass is 9.85. The highest BCUT2D eigenvalue weighted by atomic mass is 35.5. The van der Waals surface area contributed by atoms with Gasteiger partial charge in [-0.3, -0.25) is 4.79 Å². The van der Waals surface area contributed by atoms with Crippen molar-refractivity contribution < 1.29 is 14.7 Å². The molecule has 1 amide bonds. The minimum Gasteiger partial charge on any atom is -0.478 e. The van der Waals surface area contributed by atoms with Gasteiger partial charge in [0.15, 0.2) is 0 Å². The van der Waals surface area contributed by atoms with Crippen molar-refractivity contribution in [1.29, 1.82) is 0 Å². The van der Waals surface area contributed by atoms with Crippen LogP contribution in [-0.2, 0) is 10.2 Å². The Kier molecular flexibility index (Phi) is 2.20. The van der Waals surface area contributed by atoms with E-state index in [0.29, 0.717) is 11.3 Å². The molecule has 0 saturated heterocycles. The Labute approximate surface area is 97.2 Å². The van der Waals surface area contributed by atoms with E-state index in [2.05, 4.69) is 5.32 Å². The summed E-state index contributed by atoms with van der Waals surface area (Å²) in [5, 5.41) is 11.8. The molecule has 0 unspecified atom stereocenters. The standard InChI is InChI=1S/C11H10ClNO3/c1-11(2)6-3-5(9(14)15)4-7(12)8(6)13-10(11)16/h3-4H,1-2H3,(H,13,16)(H,14,15). The van der Waals surface area contributed by atoms with Gasteiger partial charge >= 0.3 is 5.97 Å². The average molecular weight is 240 g/mol. The van der Waals surface area contributed by atoms with Gasteiger partial charge in [0.1, 0.15) is 0 Å². The first-order valence-electron chi connectivity index (χ1n) is 4.73. The van der Waals surface area contributed by atoms with Gasteiger partial charge in [-0.2, -0.15) is 0 Å². The molecule has 84 valence electrons. The number of carboxylic acids is 1. The van der Waals surface area contributed by atoms with Crippen molar-refractivity contribution in [3.05, 3.63) is 28.3 Å². The predicted octanol–water partition coefficient (Wildman–Crippen LogP) is 2.27. The van der Waals surface area contributed by atoms with Crippen LogP contribution >= 0.6 is 11.6 Å². The van der Waals surface area contributed by atoms with Gasteiger partial charge in [0, 0.05) is 0 Å². The number of halogens is 1. The second kappa shape index (κ2) is 3.22. The van der Waals surface area contributed by atoms with E-state index in [-0.39, 0.29) is 16.5 Å². The number of fused-ring (bicyclic) bond motifs is 1. The Morgan fingerprint density at radius 1 is 1.44 bits per heavy atom. The van der Waals surface area contributed by atoms with Gasteiger partial charge in [-0.25, -0.2) is 4.79 Å². The maximum absolute atomic E-state index is 11.7. The maximum atomic E-state index is 11.7. The van der Waals surface area contributed by atoms with Crippen LogP contribution in [0.25, 0.3) is 0 Å². The molecule has 1 aromatic rings. The van der Waals surface area contributed by atoms with Gasteiger partial charge < -0.3 is 10.4 Å². The third-order valence-electron chi connectivity index (χ3n) is 2.82. The fraction of sp³-hybridized carbons (Fsp3) is 0.273. The lowest BCUT2D eigenvalue weighted by Crippen LogP contribution is -2.26. The number of hydrogen-bond donors (Lipinski definition) is 2. The van der Waals surface area contributed by atoms with Crippen molar-refractivity contribution in [2.45, 2.75) is 19.3 Å². The van der Waals surface area contributed by atoms with Crippen LogP contribution in [0.2, 0.25) is 5.02 Å². The molecule has 0 spiro atoms. The Bertz CT molecular complexity index is 508. The maximum Gasteiger partial charge on any atom is 0.335 e. The zero-order valence-corrected chi connectivity index (χ0v) is 9.55. The fourth-order valence-corrected chi connectivity index (χ4v) is 2.01. The number of rotatable bonds is 1. The summed E-state index contributed by atoms with van der Waals surface area (Å²) < 4.78 is 0. The van der Waals surface area contributed by atoms with Crippen molar-refractivity contribution in [3.63, 3.8) is 0 Å². The summed E-state index contributed by atoms with van der Waals surface area (Å²) in [4.78, 5) is 22.6. The van der Waals surface area contributed by atoms with Crippen LogP contribution in [0.4, 0.5) is 5.69 Å². The van der Waals surface area contributed by atoms with Gasteiger partial charge in [-0.15, -0.1) is 0 Å². The lowest BCUT2D eigenvalue weighted by molar-refractivity contribution is -0.119. The Hall–Kier alpha value is -1.55. The number of benzene rings is 1. The number of amides is 1. The molecule has 0 radical (unpaired) electrons. The van der Waals surface area contributed by atoms with Crippen LogP contribution in [-0.4, -0.2) is 17.0 Å². The molecule has 2 N–H and O–H groups in total. The molecular formula is C11H10ClNO3. The first-order chi connectivity index (χ1) is 7.34. The normalized spacial score (nSPS) is 16.8. The molecule has 0 fully saturated rings. The first-order valence-corrected chi connectivity index (χ1v) is 5.10. The van der Waals surface area contributed by atoms with Crippen LogP contribution in [0, 0.1) is 0 Å². The molecule has 5 heteroatoms. The summed E-state index contributed by atoms with van der Waals surface area (Å²) >= 11 is 5.93. The lowest BCUT2D eigenvalue weighted by Gasteiger charge is -2.15. The van der Waals surface area contributed by atoms with Gasteiger partial charge in [0.25, 0.3) is 0 Å². The zero-order valence-electron chi connectivity index (χ0n) is 8.80. The summed E-state index contributed by atoms with van der Waals surface area (Å²) in [6, 6.07) is 2.83. The predicted molar refractivity (Wildman–Crippen MR) is 60.1 cm³/mol. The highest BCUT2D eigenvalue weighted by molar-refractivity contribution is 6.35. The number of carbonyl (C=O) groups is 2. The summed E-state index contributed by atoms with van der Waals surface area (Å²) in [7, 11) is 0. The molecule has 0 atom stereocenters. The molecule has 0 aromatic heterocycles. The van der Waals surface area contributed by atoms with Crippen molar-refractivity contribution in [2.24, 2.45) is 0 Å². The second-order valence-corrected chi connectivity index (χ2v) is 4.67. The van der Waals surface area contributed by atoms with Crippen LogP contribution in [0.3, 0.4) is 0 Å². The van der Waals surface area contributed by atoms with Gasteiger partial charge in [0.05, 0.1) is 21.7 Å². The number of carbonyl (C=O) groups excluding carboxylic acids is 1. The van der Waals surface area contributed by atoms with E-state index in [9.17, 15) is 9.59 Å². The molecule has 1 aromatic carbocycles. The molecule has 0 saturated carbocycles. The van der Waals surface area contributed by atoms with E-state index < -0.39 is 11.4 Å². The highest BCUT2D eigenvalue weighted by Crippen LogP contribution is 2.42. The van der Waals surface area contributed by atoms with E-state index >= 15 is 0 Å². The number of hydrogen-bond acceptors (Lipinski definition) is 2. The van der Waals surface area contributed by atoms with E-state index in [1.54, 1.807) is 13.8 Å². The Balaban J connectivity index is 2.69. The van der Waals surface area contributed by atoms with Gasteiger partial charge in [0.2, 0.25) is 5.91 Å². The molecule has 2 rings (SSSR count). The molecule has 1 heterocycles. The number of carboxylic acid groups (broad SMARTS) is 1. The summed E-state index contributed by atoms with van der Waals surface area (Å²) in [6.07, 6.45) is 0. The Morgan fingerprint density at radius 3 is 2.62 bits per heavy atom. The third-order valence-corrected chi connectivity index (χ3v) is 3.11. The smallest absolute Gasteiger partial charge is 0.335 e. The summed E-state index contributed by atoms with van der Waals surface area (Å²) in [6.45, 7) is 3.46. The highest BCUT2D eigenvalue weighted by Gasteiger charge is 2.40. The van der Waals surface area contributed by atoms with Crippen LogP contribution < -0.4 is 5.32 Å². The first kappa shape index (κ1) is 11.0. The van der Waals surface area contributed by atoms with E-state index in [0.717, 1.165) is 0 Å². The summed E-state index contributed by atoms with van der Waals surface area (Å²) in [5.74, 6) is -1.23. The monoisotopic (exact) mass is 239 g/mol. The Morgan fingerprint density at radius 2 is 2.06 bits per heavy atom. The number of nitrogens with one attached hydrogen (secondary N) is 1. The van der Waals surface area contributed by atoms with E-state index in [1.807, 2.05) is 0 Å². The molecule has 16 heavy (non-hydrogen) atoms. The van der Waals surface area contributed by atoms with E-state index in [1.165, 1.54) is 12.1 Å². The molecule has 0 aliphatic carbocycles. The minimum atomic E-state index is -1.06. The largest absolute Gasteiger partial charge is 0.478 e. The zero-order chi connectivity index (χ0) is 12.1. The van der Waals surface area contributed by atoms with Crippen LogP contribution in [0.5, 0.6) is 0 Å². The van der Waals surface area contributed by atoms with E-state index in [4.69, 9.17) is 16.7 Å². The topological polar surface area (TPSA) is 66.4 Å². The van der Waals surface area contributed by atoms with Crippen molar-refractivity contribution in [1.82, 2.24) is 0 Å². The van der Waals surface area contributed by atoms with Crippen LogP contribution in [0.1, 0.15) is 29.8 Å². The average Bonchev–Trinajstić information content (AvgIpc) is 2.40. The van der Waals surface area contributed by atoms with Crippen LogP contribution in [0.15, 0.2) is 12.1 Å². The van der Waals surface area contributed by atoms with Gasteiger partial charge in [-0.05, 0) is 31.5 Å². The molecule has 0 bridgehead atoms. The summed E-state index contributed by atoms with van der Waals surface area (Å²) in [5.41, 5.74) is 0.488. The fourth-order valence-electron chi connectivity index (χ4n) is 1.74. The van der Waals surface area contributed by atoms with Crippen molar-refractivity contribution >= 4 is 29.2 Å². The number of aromatic carboxylic acids is 1. The van der Waals surface area contributed by atoms with Crippen molar-refractivity contribution in [2.75, 3.05) is 5.32 Å². The molecular weight excluding hydrogens is 230 g/mol. The molecule has 1 aliphatic heterocycles. The quantitative estimate of drug-likeness (QED) is 0.790. The third kappa shape index (κ3) is 1.38. The second-order valence-electron chi connectivity index (χ2n) is 4.26. The van der Waals surface area contributed by atoms with Gasteiger partial charge in [-0.1, -0.05) is 11.6 Å².